The fourth-order valence-corrected chi connectivity index (χ4v) is 3.80. The second-order valence-corrected chi connectivity index (χ2v) is 6.67. The minimum absolute atomic E-state index is 0.143. The Balaban J connectivity index is 1.56. The number of pyridine rings is 1. The van der Waals surface area contributed by atoms with Crippen molar-refractivity contribution >= 4 is 17.7 Å². The Bertz CT molecular complexity index is 646. The molecule has 1 aliphatic heterocycles. The van der Waals surface area contributed by atoms with Gasteiger partial charge in [-0.3, -0.25) is 9.78 Å². The molecule has 2 aromatic rings. The van der Waals surface area contributed by atoms with Crippen molar-refractivity contribution in [1.82, 2.24) is 9.88 Å². The quantitative estimate of drug-likeness (QED) is 0.914. The summed E-state index contributed by atoms with van der Waals surface area (Å²) in [6, 6.07) is 11.3. The van der Waals surface area contributed by atoms with Crippen LogP contribution in [-0.2, 0) is 10.5 Å². The van der Waals surface area contributed by atoms with Crippen molar-refractivity contribution in [2.24, 2.45) is 0 Å². The lowest BCUT2D eigenvalue weighted by molar-refractivity contribution is -0.129. The number of carbonyl (C=O) groups excluding carboxylic acids is 1. The zero-order chi connectivity index (χ0) is 16.1. The second kappa shape index (κ2) is 7.51. The molecule has 3 rings (SSSR count). The number of thioether (sulfide) groups is 1. The number of hydrogen-bond acceptors (Lipinski definition) is 4. The summed E-state index contributed by atoms with van der Waals surface area (Å²) in [4.78, 5) is 18.5. The molecule has 1 aromatic carbocycles. The first-order valence-electron chi connectivity index (χ1n) is 7.79. The van der Waals surface area contributed by atoms with Crippen molar-refractivity contribution in [3.63, 3.8) is 0 Å². The smallest absolute Gasteiger partial charge is 0.233 e. The standard InChI is InChI=1S/C18H20N2O2S/c21-16-5-3-15(4-6-16)17-2-1-11-20(17)18(22)13-23-12-14-7-9-19-10-8-14/h3-10,17,21H,1-2,11-13H2/t17-/m1/s1. The van der Waals surface area contributed by atoms with Crippen LogP contribution in [0, 0.1) is 0 Å². The highest BCUT2D eigenvalue weighted by Crippen LogP contribution is 2.33. The molecule has 5 heteroatoms. The maximum atomic E-state index is 12.5. The molecule has 2 heterocycles. The van der Waals surface area contributed by atoms with Crippen molar-refractivity contribution in [3.8, 4) is 5.75 Å². The number of carbonyl (C=O) groups is 1. The van der Waals surface area contributed by atoms with E-state index in [1.807, 2.05) is 29.2 Å². The molecule has 0 spiro atoms. The fraction of sp³-hybridized carbons (Fsp3) is 0.333. The van der Waals surface area contributed by atoms with Gasteiger partial charge in [-0.05, 0) is 48.2 Å². The summed E-state index contributed by atoms with van der Waals surface area (Å²) < 4.78 is 0. The number of aromatic nitrogens is 1. The summed E-state index contributed by atoms with van der Waals surface area (Å²) in [5.74, 6) is 1.78. The lowest BCUT2D eigenvalue weighted by Crippen LogP contribution is -2.32. The van der Waals surface area contributed by atoms with Gasteiger partial charge in [0.15, 0.2) is 0 Å². The van der Waals surface area contributed by atoms with Crippen LogP contribution >= 0.6 is 11.8 Å². The molecule has 0 bridgehead atoms. The number of rotatable bonds is 5. The lowest BCUT2D eigenvalue weighted by Gasteiger charge is -2.25. The first kappa shape index (κ1) is 15.9. The van der Waals surface area contributed by atoms with Gasteiger partial charge in [0, 0.05) is 24.7 Å². The van der Waals surface area contributed by atoms with Crippen molar-refractivity contribution in [1.29, 1.82) is 0 Å². The molecule has 1 aromatic heterocycles. The van der Waals surface area contributed by atoms with Gasteiger partial charge in [0.1, 0.15) is 5.75 Å². The fourth-order valence-electron chi connectivity index (χ4n) is 2.93. The van der Waals surface area contributed by atoms with E-state index in [1.54, 1.807) is 36.3 Å². The highest BCUT2D eigenvalue weighted by Gasteiger charge is 2.29. The van der Waals surface area contributed by atoms with E-state index in [4.69, 9.17) is 0 Å². The van der Waals surface area contributed by atoms with Crippen molar-refractivity contribution in [2.45, 2.75) is 24.6 Å². The maximum absolute atomic E-state index is 12.5. The largest absolute Gasteiger partial charge is 0.508 e. The van der Waals surface area contributed by atoms with Crippen LogP contribution in [0.5, 0.6) is 5.75 Å². The Labute approximate surface area is 140 Å². The average molecular weight is 328 g/mol. The molecule has 23 heavy (non-hydrogen) atoms. The third-order valence-corrected chi connectivity index (χ3v) is 5.08. The molecule has 0 aliphatic carbocycles. The second-order valence-electron chi connectivity index (χ2n) is 5.68. The Morgan fingerprint density at radius 1 is 1.22 bits per heavy atom. The molecule has 1 N–H and O–H groups in total. The molecule has 1 amide bonds. The van der Waals surface area contributed by atoms with Crippen LogP contribution in [0.3, 0.4) is 0 Å². The molecule has 1 aliphatic rings. The number of likely N-dealkylation sites (tertiary alicyclic amines) is 1. The summed E-state index contributed by atoms with van der Waals surface area (Å²) in [6.07, 6.45) is 5.58. The van der Waals surface area contributed by atoms with Gasteiger partial charge in [-0.1, -0.05) is 12.1 Å². The molecule has 1 atom stereocenters. The minimum Gasteiger partial charge on any atom is -0.508 e. The number of benzene rings is 1. The zero-order valence-corrected chi connectivity index (χ0v) is 13.7. The molecule has 0 saturated carbocycles. The number of hydrogen-bond donors (Lipinski definition) is 1. The predicted octanol–water partition coefficient (Wildman–Crippen LogP) is 3.38. The number of aromatic hydroxyl groups is 1. The predicted molar refractivity (Wildman–Crippen MR) is 92.2 cm³/mol. The van der Waals surface area contributed by atoms with E-state index in [2.05, 4.69) is 4.98 Å². The van der Waals surface area contributed by atoms with Crippen LogP contribution < -0.4 is 0 Å². The number of amides is 1. The summed E-state index contributed by atoms with van der Waals surface area (Å²) in [5.41, 5.74) is 2.29. The molecule has 4 nitrogen and oxygen atoms in total. The van der Waals surface area contributed by atoms with Crippen molar-refractivity contribution in [3.05, 3.63) is 59.9 Å². The van der Waals surface area contributed by atoms with Gasteiger partial charge >= 0.3 is 0 Å². The molecule has 1 saturated heterocycles. The van der Waals surface area contributed by atoms with Crippen LogP contribution in [0.4, 0.5) is 0 Å². The summed E-state index contributed by atoms with van der Waals surface area (Å²) in [7, 11) is 0. The monoisotopic (exact) mass is 328 g/mol. The van der Waals surface area contributed by atoms with Gasteiger partial charge in [0.25, 0.3) is 0 Å². The van der Waals surface area contributed by atoms with Gasteiger partial charge in [0.2, 0.25) is 5.91 Å². The van der Waals surface area contributed by atoms with Gasteiger partial charge < -0.3 is 10.0 Å². The third-order valence-electron chi connectivity index (χ3n) is 4.09. The molecular weight excluding hydrogens is 308 g/mol. The van der Waals surface area contributed by atoms with Crippen LogP contribution in [0.1, 0.15) is 30.0 Å². The van der Waals surface area contributed by atoms with Gasteiger partial charge in [-0.25, -0.2) is 0 Å². The summed E-state index contributed by atoms with van der Waals surface area (Å²) >= 11 is 1.64. The van der Waals surface area contributed by atoms with Gasteiger partial charge in [-0.2, -0.15) is 0 Å². The lowest BCUT2D eigenvalue weighted by atomic mass is 10.0. The average Bonchev–Trinajstić information content (AvgIpc) is 3.06. The van der Waals surface area contributed by atoms with E-state index in [-0.39, 0.29) is 17.7 Å². The maximum Gasteiger partial charge on any atom is 0.233 e. The minimum atomic E-state index is 0.143. The van der Waals surface area contributed by atoms with Crippen LogP contribution in [0.25, 0.3) is 0 Å². The van der Waals surface area contributed by atoms with Gasteiger partial charge in [-0.15, -0.1) is 11.8 Å². The first-order valence-corrected chi connectivity index (χ1v) is 8.94. The highest BCUT2D eigenvalue weighted by atomic mass is 32.2. The third kappa shape index (κ3) is 4.05. The van der Waals surface area contributed by atoms with E-state index in [0.717, 1.165) is 30.7 Å². The topological polar surface area (TPSA) is 53.4 Å². The van der Waals surface area contributed by atoms with E-state index in [1.165, 1.54) is 5.56 Å². The molecular formula is C18H20N2O2S. The molecule has 0 radical (unpaired) electrons. The molecule has 1 fully saturated rings. The van der Waals surface area contributed by atoms with E-state index in [0.29, 0.717) is 5.75 Å². The Morgan fingerprint density at radius 3 is 2.70 bits per heavy atom. The van der Waals surface area contributed by atoms with Gasteiger partial charge in [0.05, 0.1) is 11.8 Å². The first-order chi connectivity index (χ1) is 11.2. The number of nitrogens with zero attached hydrogens (tertiary/aromatic N) is 2. The zero-order valence-electron chi connectivity index (χ0n) is 12.9. The van der Waals surface area contributed by atoms with E-state index in [9.17, 15) is 9.90 Å². The van der Waals surface area contributed by atoms with Crippen LogP contribution in [0.15, 0.2) is 48.8 Å². The van der Waals surface area contributed by atoms with Crippen molar-refractivity contribution in [2.75, 3.05) is 12.3 Å². The van der Waals surface area contributed by atoms with Crippen molar-refractivity contribution < 1.29 is 9.90 Å². The van der Waals surface area contributed by atoms with Crippen LogP contribution in [0.2, 0.25) is 0 Å². The highest BCUT2D eigenvalue weighted by molar-refractivity contribution is 7.99. The summed E-state index contributed by atoms with van der Waals surface area (Å²) in [6.45, 7) is 0.820. The Hall–Kier alpha value is -2.01. The summed E-state index contributed by atoms with van der Waals surface area (Å²) in [5, 5.41) is 9.41. The van der Waals surface area contributed by atoms with E-state index < -0.39 is 0 Å². The normalized spacial score (nSPS) is 17.4. The molecule has 120 valence electrons. The van der Waals surface area contributed by atoms with Crippen LogP contribution in [-0.4, -0.2) is 33.2 Å². The number of phenolic OH excluding ortho intramolecular Hbond substituents is 1. The SMILES string of the molecule is O=C(CSCc1ccncc1)N1CCC[C@@H]1c1ccc(O)cc1. The molecule has 0 unspecified atom stereocenters. The Kier molecular flexibility index (Phi) is 5.18. The van der Waals surface area contributed by atoms with E-state index >= 15 is 0 Å². The number of phenols is 1. The Morgan fingerprint density at radius 2 is 1.96 bits per heavy atom.